The molecule has 240 valence electrons. The minimum Gasteiger partial charge on any atom is -0.449 e. The van der Waals surface area contributed by atoms with Crippen molar-refractivity contribution in [2.75, 3.05) is 46.6 Å². The van der Waals surface area contributed by atoms with Crippen molar-refractivity contribution >= 4 is 12.0 Å². The second kappa shape index (κ2) is 20.7. The van der Waals surface area contributed by atoms with Crippen molar-refractivity contribution < 1.29 is 23.8 Å². The van der Waals surface area contributed by atoms with E-state index >= 15 is 0 Å². The van der Waals surface area contributed by atoms with Crippen molar-refractivity contribution in [1.82, 2.24) is 25.6 Å². The van der Waals surface area contributed by atoms with Crippen LogP contribution in [-0.2, 0) is 38.4 Å². The van der Waals surface area contributed by atoms with Crippen LogP contribution in [0.5, 0.6) is 0 Å². The number of unbranched alkanes of at least 4 members (excludes halogenated alkanes) is 10. The number of fused-ring (bicyclic) bond motifs is 2. The number of nitrogens with zero attached hydrogens (tertiary/aromatic N) is 3. The quantitative estimate of drug-likeness (QED) is 0.168. The number of aromatic nitrogens is 3. The number of ether oxygens (including phenoxy) is 3. The number of carbonyl (C=O) groups is 2. The molecule has 42 heavy (non-hydrogen) atoms. The topological polar surface area (TPSA) is 117 Å². The molecule has 1 aromatic heterocycles. The van der Waals surface area contributed by atoms with Gasteiger partial charge in [0.2, 0.25) is 5.91 Å². The first-order valence-corrected chi connectivity index (χ1v) is 16.8. The zero-order valence-electron chi connectivity index (χ0n) is 26.4. The Kier molecular flexibility index (Phi) is 16.9. The van der Waals surface area contributed by atoms with Gasteiger partial charge in [-0.3, -0.25) is 4.79 Å². The Morgan fingerprint density at radius 3 is 2.19 bits per heavy atom. The Labute approximate surface area is 253 Å². The lowest BCUT2D eigenvalue weighted by Gasteiger charge is -2.11. The van der Waals surface area contributed by atoms with Crippen molar-refractivity contribution in [3.8, 4) is 0 Å². The molecule has 0 bridgehead atoms. The Hall–Kier alpha value is -2.20. The maximum atomic E-state index is 12.0. The van der Waals surface area contributed by atoms with Gasteiger partial charge in [0.15, 0.2) is 0 Å². The molecule has 0 saturated heterocycles. The van der Waals surface area contributed by atoms with E-state index in [1.807, 2.05) is 4.68 Å². The summed E-state index contributed by atoms with van der Waals surface area (Å²) >= 11 is 0. The first kappa shape index (κ1) is 34.3. The first-order valence-electron chi connectivity index (χ1n) is 16.8. The van der Waals surface area contributed by atoms with E-state index in [0.29, 0.717) is 70.3 Å². The molecule has 0 aliphatic heterocycles. The van der Waals surface area contributed by atoms with Gasteiger partial charge < -0.3 is 24.8 Å². The third kappa shape index (κ3) is 13.0. The minimum atomic E-state index is -0.350. The molecule has 0 spiro atoms. The molecular formula is C32H57N5O5. The summed E-state index contributed by atoms with van der Waals surface area (Å²) in [5, 5.41) is 14.3. The number of rotatable bonds is 23. The zero-order valence-corrected chi connectivity index (χ0v) is 26.4. The highest BCUT2D eigenvalue weighted by Crippen LogP contribution is 2.52. The Morgan fingerprint density at radius 1 is 0.857 bits per heavy atom. The summed E-state index contributed by atoms with van der Waals surface area (Å²) in [6.07, 6.45) is 18.5. The van der Waals surface area contributed by atoms with E-state index < -0.39 is 0 Å². The molecule has 3 rings (SSSR count). The van der Waals surface area contributed by atoms with Crippen LogP contribution in [0.3, 0.4) is 0 Å². The average Bonchev–Trinajstić information content (AvgIpc) is 3.50. The monoisotopic (exact) mass is 591 g/mol. The number of hydrogen-bond donors (Lipinski definition) is 2. The summed E-state index contributed by atoms with van der Waals surface area (Å²) in [6.45, 7) is 6.07. The minimum absolute atomic E-state index is 0.124. The van der Waals surface area contributed by atoms with Crippen LogP contribution < -0.4 is 10.6 Å². The van der Waals surface area contributed by atoms with Gasteiger partial charge in [0.25, 0.3) is 0 Å². The van der Waals surface area contributed by atoms with Crippen LogP contribution in [0.4, 0.5) is 4.79 Å². The molecule has 2 aliphatic rings. The van der Waals surface area contributed by atoms with Gasteiger partial charge >= 0.3 is 6.09 Å². The van der Waals surface area contributed by atoms with Gasteiger partial charge in [-0.25, -0.2) is 9.48 Å². The van der Waals surface area contributed by atoms with Crippen LogP contribution in [0.15, 0.2) is 0 Å². The fourth-order valence-electron chi connectivity index (χ4n) is 6.27. The molecule has 1 saturated carbocycles. The van der Waals surface area contributed by atoms with Crippen LogP contribution in [0.25, 0.3) is 0 Å². The smallest absolute Gasteiger partial charge is 0.406 e. The average molecular weight is 592 g/mol. The fourth-order valence-corrected chi connectivity index (χ4v) is 6.27. The van der Waals surface area contributed by atoms with Gasteiger partial charge in [0.1, 0.15) is 0 Å². The van der Waals surface area contributed by atoms with Crippen LogP contribution in [0.1, 0.15) is 108 Å². The molecule has 1 fully saturated rings. The summed E-state index contributed by atoms with van der Waals surface area (Å²) in [5.74, 6) is 1.84. The van der Waals surface area contributed by atoms with Gasteiger partial charge in [-0.1, -0.05) is 76.3 Å². The highest BCUT2D eigenvalue weighted by molar-refractivity contribution is 5.75. The molecule has 0 radical (unpaired) electrons. The summed E-state index contributed by atoms with van der Waals surface area (Å²) in [4.78, 5) is 23.4. The van der Waals surface area contributed by atoms with E-state index in [1.165, 1.54) is 63.5 Å². The maximum Gasteiger partial charge on any atom is 0.406 e. The Bertz CT molecular complexity index is 895. The van der Waals surface area contributed by atoms with Gasteiger partial charge in [-0.05, 0) is 49.9 Å². The summed E-state index contributed by atoms with van der Waals surface area (Å²) in [7, 11) is 1.59. The van der Waals surface area contributed by atoms with Crippen LogP contribution in [-0.4, -0.2) is 73.6 Å². The highest BCUT2D eigenvalue weighted by Gasteiger charge is 2.50. The Morgan fingerprint density at radius 2 is 1.50 bits per heavy atom. The number of alkyl carbamates (subject to hydrolysis) is 1. The Balaban J connectivity index is 1.12. The molecule has 10 heteroatoms. The van der Waals surface area contributed by atoms with E-state index in [1.54, 1.807) is 7.05 Å². The molecule has 1 heterocycles. The number of carbonyl (C=O) groups excluding carboxylic acids is 2. The largest absolute Gasteiger partial charge is 0.449 e. The lowest BCUT2D eigenvalue weighted by molar-refractivity contribution is -0.121. The standard InChI is InChI=1S/C32H57N5O5/c1-3-4-5-6-7-8-9-10-11-12-13-14-31(38)34-19-21-40-23-24-41-22-20-37-30-18-16-27-26(15-17-29(30)35-36-37)28(27)25-42-32(39)33-2/h26-28H,3-25H2,1-2H3,(H,33,39)(H,34,38)/t26-,27+,28-/m1/s1. The van der Waals surface area contributed by atoms with E-state index in [2.05, 4.69) is 27.9 Å². The molecule has 0 unspecified atom stereocenters. The van der Waals surface area contributed by atoms with Gasteiger partial charge in [-0.2, -0.15) is 0 Å². The second-order valence-corrected chi connectivity index (χ2v) is 12.0. The molecule has 1 aromatic rings. The van der Waals surface area contributed by atoms with Gasteiger partial charge in [-0.15, -0.1) is 5.10 Å². The summed E-state index contributed by atoms with van der Waals surface area (Å²) < 4.78 is 18.7. The highest BCUT2D eigenvalue weighted by atomic mass is 16.5. The fraction of sp³-hybridized carbons (Fsp3) is 0.875. The van der Waals surface area contributed by atoms with E-state index in [9.17, 15) is 9.59 Å². The molecule has 10 nitrogen and oxygen atoms in total. The van der Waals surface area contributed by atoms with Crippen molar-refractivity contribution in [3.05, 3.63) is 11.4 Å². The molecule has 2 N–H and O–H groups in total. The van der Waals surface area contributed by atoms with Gasteiger partial charge in [0, 0.05) is 20.0 Å². The van der Waals surface area contributed by atoms with E-state index in [-0.39, 0.29) is 12.0 Å². The number of nitrogens with one attached hydrogen (secondary N) is 2. The SMILES string of the molecule is CCCCCCCCCCCCCC(=O)NCCOCCOCCn1nnc2c1CC[C@H]1[C@@H](CC2)[C@H]1COC(=O)NC. The van der Waals surface area contributed by atoms with E-state index in [0.717, 1.165) is 44.2 Å². The summed E-state index contributed by atoms with van der Waals surface area (Å²) in [5.41, 5.74) is 2.32. The zero-order chi connectivity index (χ0) is 29.8. The number of aryl methyl sites for hydroxylation is 1. The van der Waals surface area contributed by atoms with Crippen molar-refractivity contribution in [3.63, 3.8) is 0 Å². The predicted molar refractivity (Wildman–Crippen MR) is 163 cm³/mol. The summed E-state index contributed by atoms with van der Waals surface area (Å²) in [6, 6.07) is 0. The van der Waals surface area contributed by atoms with Crippen molar-refractivity contribution in [1.29, 1.82) is 0 Å². The van der Waals surface area contributed by atoms with Crippen molar-refractivity contribution in [2.45, 2.75) is 116 Å². The molecule has 3 atom stereocenters. The van der Waals surface area contributed by atoms with E-state index in [4.69, 9.17) is 14.2 Å². The molecule has 2 amide bonds. The molecule has 0 aromatic carbocycles. The second-order valence-electron chi connectivity index (χ2n) is 12.0. The van der Waals surface area contributed by atoms with Gasteiger partial charge in [0.05, 0.1) is 51.0 Å². The molecule has 2 aliphatic carbocycles. The van der Waals surface area contributed by atoms with Crippen LogP contribution in [0.2, 0.25) is 0 Å². The van der Waals surface area contributed by atoms with Crippen molar-refractivity contribution in [2.24, 2.45) is 17.8 Å². The predicted octanol–water partition coefficient (Wildman–Crippen LogP) is 5.23. The lowest BCUT2D eigenvalue weighted by atomic mass is 10.0. The van der Waals surface area contributed by atoms with Crippen LogP contribution in [0, 0.1) is 17.8 Å². The number of amides is 2. The molecular weight excluding hydrogens is 534 g/mol. The normalized spacial score (nSPS) is 19.3. The third-order valence-corrected chi connectivity index (χ3v) is 8.86. The number of hydrogen-bond acceptors (Lipinski definition) is 7. The van der Waals surface area contributed by atoms with Crippen LogP contribution >= 0.6 is 0 Å². The third-order valence-electron chi connectivity index (χ3n) is 8.86. The maximum absolute atomic E-state index is 12.0. The first-order chi connectivity index (χ1) is 20.6. The lowest BCUT2D eigenvalue weighted by Crippen LogP contribution is -2.27.